The molecule has 0 aromatic heterocycles. The molecular weight excluding hydrogens is 268 g/mol. The van der Waals surface area contributed by atoms with E-state index in [1.54, 1.807) is 17.3 Å². The van der Waals surface area contributed by atoms with Crippen LogP contribution >= 0.6 is 0 Å². The smallest absolute Gasteiger partial charge is 0.247 e. The first-order valence-corrected chi connectivity index (χ1v) is 7.19. The lowest BCUT2D eigenvalue weighted by molar-refractivity contribution is -0.136. The topological polar surface area (TPSA) is 69.6 Å². The molecule has 1 saturated heterocycles. The van der Waals surface area contributed by atoms with Gasteiger partial charge in [-0.2, -0.15) is 0 Å². The molecule has 5 nitrogen and oxygen atoms in total. The molecular formula is C16H22N2O3. The Balaban J connectivity index is 2.13. The van der Waals surface area contributed by atoms with Gasteiger partial charge < -0.3 is 4.90 Å². The molecule has 0 saturated carbocycles. The van der Waals surface area contributed by atoms with Crippen molar-refractivity contribution in [3.63, 3.8) is 0 Å². The van der Waals surface area contributed by atoms with Gasteiger partial charge in [-0.15, -0.1) is 0 Å². The van der Waals surface area contributed by atoms with Gasteiger partial charge >= 0.3 is 0 Å². The first-order valence-electron chi connectivity index (χ1n) is 7.19. The van der Waals surface area contributed by atoms with Crippen LogP contribution in [0.2, 0.25) is 0 Å². The van der Waals surface area contributed by atoms with Crippen molar-refractivity contribution >= 4 is 11.8 Å². The lowest BCUT2D eigenvalue weighted by Crippen LogP contribution is -2.41. The lowest BCUT2D eigenvalue weighted by Gasteiger charge is -2.25. The van der Waals surface area contributed by atoms with E-state index in [0.29, 0.717) is 13.1 Å². The number of carbonyl (C=O) groups excluding carboxylic acids is 2. The van der Waals surface area contributed by atoms with Crippen LogP contribution in [0.25, 0.3) is 0 Å². The highest BCUT2D eigenvalue weighted by Crippen LogP contribution is 2.35. The molecule has 0 radical (unpaired) electrons. The number of benzene rings is 1. The number of nitrogens with one attached hydrogen (secondary N) is 1. The molecule has 1 unspecified atom stereocenters. The first kappa shape index (κ1) is 15.5. The summed E-state index contributed by atoms with van der Waals surface area (Å²) in [5.74, 6) is -0.852. The zero-order valence-corrected chi connectivity index (χ0v) is 12.7. The number of nitrogens with zero attached hydrogens (tertiary/aromatic N) is 1. The molecule has 2 atom stereocenters. The number of rotatable bonds is 4. The molecule has 21 heavy (non-hydrogen) atoms. The number of aryl methyl sites for hydroxylation is 1. The number of carbonyl (C=O) groups is 2. The minimum atomic E-state index is -0.525. The standard InChI is InChI=1S/C16H22N2O3/c1-11-4-6-13(7-5-11)16(3)8-9-18(15(16)20)10-12(2)14(19)17-21/h4-7,12,21H,8-10H2,1-3H3,(H,17,19)/t12-,16?/m0/s1. The Morgan fingerprint density at radius 2 is 2.05 bits per heavy atom. The largest absolute Gasteiger partial charge is 0.341 e. The molecule has 2 amide bonds. The quantitative estimate of drug-likeness (QED) is 0.654. The van der Waals surface area contributed by atoms with Gasteiger partial charge in [0.25, 0.3) is 0 Å². The fraction of sp³-hybridized carbons (Fsp3) is 0.500. The highest BCUT2D eigenvalue weighted by atomic mass is 16.5. The van der Waals surface area contributed by atoms with E-state index in [2.05, 4.69) is 0 Å². The minimum absolute atomic E-state index is 0.0453. The van der Waals surface area contributed by atoms with Crippen molar-refractivity contribution in [2.75, 3.05) is 13.1 Å². The third-order valence-electron chi connectivity index (χ3n) is 4.38. The first-order chi connectivity index (χ1) is 9.88. The van der Waals surface area contributed by atoms with Gasteiger partial charge in [-0.1, -0.05) is 36.8 Å². The number of hydrogen-bond donors (Lipinski definition) is 2. The summed E-state index contributed by atoms with van der Waals surface area (Å²) in [5.41, 5.74) is 3.29. The van der Waals surface area contributed by atoms with Gasteiger partial charge in [0, 0.05) is 13.1 Å². The third kappa shape index (κ3) is 2.93. The molecule has 1 heterocycles. The SMILES string of the molecule is Cc1ccc(C2(C)CCN(C[C@H](C)C(=O)NO)C2=O)cc1. The highest BCUT2D eigenvalue weighted by molar-refractivity contribution is 5.90. The Hall–Kier alpha value is -1.88. The van der Waals surface area contributed by atoms with Gasteiger partial charge in [0.15, 0.2) is 0 Å². The summed E-state index contributed by atoms with van der Waals surface area (Å²) in [6, 6.07) is 8.03. The number of likely N-dealkylation sites (tertiary alicyclic amines) is 1. The van der Waals surface area contributed by atoms with Crippen molar-refractivity contribution in [2.24, 2.45) is 5.92 Å². The molecule has 1 aliphatic heterocycles. The summed E-state index contributed by atoms with van der Waals surface area (Å²) in [4.78, 5) is 25.8. The fourth-order valence-corrected chi connectivity index (χ4v) is 2.80. The monoisotopic (exact) mass is 290 g/mol. The minimum Gasteiger partial charge on any atom is -0.341 e. The van der Waals surface area contributed by atoms with Crippen molar-refractivity contribution in [3.8, 4) is 0 Å². The Morgan fingerprint density at radius 3 is 2.62 bits per heavy atom. The third-order valence-corrected chi connectivity index (χ3v) is 4.38. The molecule has 1 fully saturated rings. The molecule has 1 aliphatic rings. The maximum atomic E-state index is 12.7. The molecule has 0 aliphatic carbocycles. The van der Waals surface area contributed by atoms with E-state index in [1.165, 1.54) is 0 Å². The second-order valence-corrected chi connectivity index (χ2v) is 6.08. The molecule has 0 spiro atoms. The van der Waals surface area contributed by atoms with E-state index >= 15 is 0 Å². The summed E-state index contributed by atoms with van der Waals surface area (Å²) in [5, 5.41) is 8.65. The second-order valence-electron chi connectivity index (χ2n) is 6.08. The van der Waals surface area contributed by atoms with Gasteiger partial charge in [0.2, 0.25) is 11.8 Å². The van der Waals surface area contributed by atoms with Crippen LogP contribution in [0, 0.1) is 12.8 Å². The zero-order valence-electron chi connectivity index (χ0n) is 12.7. The van der Waals surface area contributed by atoms with Crippen LogP contribution in [0.5, 0.6) is 0 Å². The summed E-state index contributed by atoms with van der Waals surface area (Å²) < 4.78 is 0. The van der Waals surface area contributed by atoms with Gasteiger partial charge in [0.05, 0.1) is 11.3 Å². The summed E-state index contributed by atoms with van der Waals surface area (Å²) in [6.45, 7) is 6.63. The number of hydrogen-bond acceptors (Lipinski definition) is 3. The summed E-state index contributed by atoms with van der Waals surface area (Å²) in [7, 11) is 0. The van der Waals surface area contributed by atoms with Crippen molar-refractivity contribution in [1.82, 2.24) is 10.4 Å². The van der Waals surface area contributed by atoms with Gasteiger partial charge in [0.1, 0.15) is 0 Å². The van der Waals surface area contributed by atoms with Crippen LogP contribution in [0.15, 0.2) is 24.3 Å². The Morgan fingerprint density at radius 1 is 1.43 bits per heavy atom. The second kappa shape index (κ2) is 5.85. The predicted octanol–water partition coefficient (Wildman–Crippen LogP) is 1.63. The molecule has 2 N–H and O–H groups in total. The van der Waals surface area contributed by atoms with E-state index in [9.17, 15) is 9.59 Å². The van der Waals surface area contributed by atoms with Crippen LogP contribution in [0.3, 0.4) is 0 Å². The van der Waals surface area contributed by atoms with Gasteiger partial charge in [-0.3, -0.25) is 14.8 Å². The zero-order chi connectivity index (χ0) is 15.6. The van der Waals surface area contributed by atoms with Gasteiger partial charge in [-0.05, 0) is 25.8 Å². The van der Waals surface area contributed by atoms with Crippen LogP contribution in [-0.4, -0.2) is 35.0 Å². The fourth-order valence-electron chi connectivity index (χ4n) is 2.80. The van der Waals surface area contributed by atoms with Crippen molar-refractivity contribution in [2.45, 2.75) is 32.6 Å². The van der Waals surface area contributed by atoms with Crippen molar-refractivity contribution in [1.29, 1.82) is 0 Å². The van der Waals surface area contributed by atoms with E-state index < -0.39 is 17.2 Å². The molecule has 2 rings (SSSR count). The van der Waals surface area contributed by atoms with Crippen molar-refractivity contribution in [3.05, 3.63) is 35.4 Å². The number of amides is 2. The lowest BCUT2D eigenvalue weighted by atomic mass is 9.81. The highest BCUT2D eigenvalue weighted by Gasteiger charge is 2.44. The van der Waals surface area contributed by atoms with Gasteiger partial charge in [-0.25, -0.2) is 5.48 Å². The Labute approximate surface area is 124 Å². The Bertz CT molecular complexity index is 541. The van der Waals surface area contributed by atoms with Crippen LogP contribution in [0.1, 0.15) is 31.4 Å². The summed E-state index contributed by atoms with van der Waals surface area (Å²) >= 11 is 0. The normalized spacial score (nSPS) is 23.2. The van der Waals surface area contributed by atoms with Crippen LogP contribution < -0.4 is 5.48 Å². The average Bonchev–Trinajstić information content (AvgIpc) is 2.76. The van der Waals surface area contributed by atoms with E-state index in [4.69, 9.17) is 5.21 Å². The van der Waals surface area contributed by atoms with E-state index in [-0.39, 0.29) is 5.91 Å². The molecule has 5 heteroatoms. The predicted molar refractivity (Wildman–Crippen MR) is 78.8 cm³/mol. The number of hydroxylamine groups is 1. The van der Waals surface area contributed by atoms with Crippen LogP contribution in [0.4, 0.5) is 0 Å². The Kier molecular flexibility index (Phi) is 4.32. The average molecular weight is 290 g/mol. The van der Waals surface area contributed by atoms with Crippen molar-refractivity contribution < 1.29 is 14.8 Å². The maximum absolute atomic E-state index is 12.7. The summed E-state index contributed by atoms with van der Waals surface area (Å²) in [6.07, 6.45) is 0.738. The molecule has 114 valence electrons. The molecule has 0 bridgehead atoms. The molecule has 1 aromatic carbocycles. The van der Waals surface area contributed by atoms with E-state index in [1.807, 2.05) is 38.1 Å². The van der Waals surface area contributed by atoms with E-state index in [0.717, 1.165) is 17.5 Å². The van der Waals surface area contributed by atoms with Crippen LogP contribution in [-0.2, 0) is 15.0 Å². The maximum Gasteiger partial charge on any atom is 0.247 e. The molecule has 1 aromatic rings.